The molecule has 2 atom stereocenters. The van der Waals surface area contributed by atoms with E-state index in [1.54, 1.807) is 24.3 Å². The minimum absolute atomic E-state index is 0.0261. The summed E-state index contributed by atoms with van der Waals surface area (Å²) in [5, 5.41) is 2.92. The van der Waals surface area contributed by atoms with Crippen molar-refractivity contribution in [3.8, 4) is 5.75 Å². The molecule has 5 heteroatoms. The molecular formula is C25H30N2O3. The van der Waals surface area contributed by atoms with E-state index in [2.05, 4.69) is 5.32 Å². The summed E-state index contributed by atoms with van der Waals surface area (Å²) in [7, 11) is 0. The first-order chi connectivity index (χ1) is 14.7. The summed E-state index contributed by atoms with van der Waals surface area (Å²) in [6.07, 6.45) is 7.20. The lowest BCUT2D eigenvalue weighted by atomic mass is 9.78. The number of likely N-dealkylation sites (tertiary alicyclic amines) is 1. The molecule has 2 aromatic carbocycles. The predicted octanol–water partition coefficient (Wildman–Crippen LogP) is 4.18. The van der Waals surface area contributed by atoms with Crippen LogP contribution in [0.3, 0.4) is 0 Å². The number of amides is 2. The normalized spacial score (nSPS) is 20.9. The first-order valence-electron chi connectivity index (χ1n) is 11.0. The Morgan fingerprint density at radius 1 is 0.967 bits per heavy atom. The van der Waals surface area contributed by atoms with Crippen LogP contribution in [0.15, 0.2) is 54.6 Å². The third-order valence-corrected chi connectivity index (χ3v) is 6.32. The summed E-state index contributed by atoms with van der Waals surface area (Å²) >= 11 is 0. The van der Waals surface area contributed by atoms with E-state index in [1.165, 1.54) is 25.7 Å². The predicted molar refractivity (Wildman–Crippen MR) is 116 cm³/mol. The molecule has 0 spiro atoms. The van der Waals surface area contributed by atoms with Gasteiger partial charge in [-0.1, -0.05) is 49.2 Å². The molecular weight excluding hydrogens is 376 g/mol. The van der Waals surface area contributed by atoms with Gasteiger partial charge in [-0.3, -0.25) is 9.59 Å². The number of nitrogens with zero attached hydrogens (tertiary/aromatic N) is 1. The zero-order valence-corrected chi connectivity index (χ0v) is 17.4. The third-order valence-electron chi connectivity index (χ3n) is 6.32. The van der Waals surface area contributed by atoms with Gasteiger partial charge in [-0.05, 0) is 55.4 Å². The van der Waals surface area contributed by atoms with E-state index >= 15 is 0 Å². The number of carbonyl (C=O) groups is 2. The first kappa shape index (κ1) is 20.5. The number of hydrogen-bond acceptors (Lipinski definition) is 3. The number of piperidine rings is 1. The molecule has 2 aliphatic rings. The van der Waals surface area contributed by atoms with Crippen molar-refractivity contribution in [1.29, 1.82) is 0 Å². The number of carbonyl (C=O) groups excluding carboxylic acids is 2. The van der Waals surface area contributed by atoms with Gasteiger partial charge < -0.3 is 15.0 Å². The van der Waals surface area contributed by atoms with Gasteiger partial charge in [0.15, 0.2) is 6.61 Å². The molecule has 4 rings (SSSR count). The molecule has 0 unspecified atom stereocenters. The van der Waals surface area contributed by atoms with Crippen LogP contribution in [0.2, 0.25) is 0 Å². The largest absolute Gasteiger partial charge is 0.484 e. The minimum Gasteiger partial charge on any atom is -0.484 e. The molecule has 0 aromatic heterocycles. The van der Waals surface area contributed by atoms with Crippen LogP contribution in [0.25, 0.3) is 0 Å². The van der Waals surface area contributed by atoms with E-state index < -0.39 is 0 Å². The van der Waals surface area contributed by atoms with Gasteiger partial charge in [0.05, 0.1) is 0 Å². The number of nitrogens with one attached hydrogen (secondary N) is 1. The van der Waals surface area contributed by atoms with Gasteiger partial charge >= 0.3 is 0 Å². The summed E-state index contributed by atoms with van der Waals surface area (Å²) in [5.41, 5.74) is 1.58. The van der Waals surface area contributed by atoms with Crippen molar-refractivity contribution in [2.45, 2.75) is 51.1 Å². The highest BCUT2D eigenvalue weighted by atomic mass is 16.5. The van der Waals surface area contributed by atoms with Crippen LogP contribution in [-0.4, -0.2) is 35.9 Å². The van der Waals surface area contributed by atoms with E-state index in [0.717, 1.165) is 24.9 Å². The van der Waals surface area contributed by atoms with Gasteiger partial charge in [0.2, 0.25) is 0 Å². The lowest BCUT2D eigenvalue weighted by molar-refractivity contribution is -0.139. The summed E-state index contributed by atoms with van der Waals surface area (Å²) < 4.78 is 5.78. The van der Waals surface area contributed by atoms with Crippen molar-refractivity contribution in [2.75, 3.05) is 13.2 Å². The van der Waals surface area contributed by atoms with Crippen LogP contribution in [0.4, 0.5) is 0 Å². The van der Waals surface area contributed by atoms with Crippen LogP contribution in [0.1, 0.15) is 54.4 Å². The SMILES string of the molecule is O=C(NCc1ccccc1)c1cccc(OCC(=O)N2CCC[C@H]3CCCC[C@H]32)c1. The van der Waals surface area contributed by atoms with Gasteiger partial charge in [0, 0.05) is 24.7 Å². The molecule has 158 valence electrons. The average Bonchev–Trinajstić information content (AvgIpc) is 2.81. The quantitative estimate of drug-likeness (QED) is 0.783. The molecule has 1 aliphatic heterocycles. The van der Waals surface area contributed by atoms with Gasteiger partial charge in [-0.15, -0.1) is 0 Å². The Labute approximate surface area is 178 Å². The highest BCUT2D eigenvalue weighted by Crippen LogP contribution is 2.35. The van der Waals surface area contributed by atoms with E-state index in [4.69, 9.17) is 4.74 Å². The molecule has 2 fully saturated rings. The zero-order chi connectivity index (χ0) is 20.8. The molecule has 2 aromatic rings. The highest BCUT2D eigenvalue weighted by Gasteiger charge is 2.35. The number of benzene rings is 2. The lowest BCUT2D eigenvalue weighted by Gasteiger charge is -2.44. The fraction of sp³-hybridized carbons (Fsp3) is 0.440. The molecule has 1 heterocycles. The molecule has 1 N–H and O–H groups in total. The van der Waals surface area contributed by atoms with Gasteiger partial charge in [0.25, 0.3) is 11.8 Å². The summed E-state index contributed by atoms with van der Waals surface area (Å²) in [6, 6.07) is 17.2. The van der Waals surface area contributed by atoms with Crippen LogP contribution < -0.4 is 10.1 Å². The number of ether oxygens (including phenoxy) is 1. The van der Waals surface area contributed by atoms with E-state index in [1.807, 2.05) is 35.2 Å². The maximum Gasteiger partial charge on any atom is 0.260 e. The Hall–Kier alpha value is -2.82. The second kappa shape index (κ2) is 9.79. The van der Waals surface area contributed by atoms with Crippen LogP contribution >= 0.6 is 0 Å². The van der Waals surface area contributed by atoms with Gasteiger partial charge in [0.1, 0.15) is 5.75 Å². The Bertz CT molecular complexity index is 866. The topological polar surface area (TPSA) is 58.6 Å². The van der Waals surface area contributed by atoms with Crippen molar-refractivity contribution in [1.82, 2.24) is 10.2 Å². The van der Waals surface area contributed by atoms with E-state index in [-0.39, 0.29) is 18.4 Å². The Balaban J connectivity index is 1.31. The minimum atomic E-state index is -0.156. The molecule has 1 saturated heterocycles. The van der Waals surface area contributed by atoms with Crippen LogP contribution in [0.5, 0.6) is 5.75 Å². The fourth-order valence-corrected chi connectivity index (χ4v) is 4.77. The van der Waals surface area contributed by atoms with Gasteiger partial charge in [-0.2, -0.15) is 0 Å². The van der Waals surface area contributed by atoms with Crippen molar-refractivity contribution < 1.29 is 14.3 Å². The maximum atomic E-state index is 12.8. The zero-order valence-electron chi connectivity index (χ0n) is 17.4. The Morgan fingerprint density at radius 3 is 2.63 bits per heavy atom. The molecule has 0 bridgehead atoms. The Kier molecular flexibility index (Phi) is 6.67. The molecule has 1 aliphatic carbocycles. The van der Waals surface area contributed by atoms with Crippen LogP contribution in [-0.2, 0) is 11.3 Å². The number of rotatable bonds is 6. The summed E-state index contributed by atoms with van der Waals surface area (Å²) in [4.78, 5) is 27.3. The molecule has 5 nitrogen and oxygen atoms in total. The van der Waals surface area contributed by atoms with Gasteiger partial charge in [-0.25, -0.2) is 0 Å². The lowest BCUT2D eigenvalue weighted by Crippen LogP contribution is -2.51. The van der Waals surface area contributed by atoms with Crippen molar-refractivity contribution in [3.63, 3.8) is 0 Å². The monoisotopic (exact) mass is 406 g/mol. The third kappa shape index (κ3) is 5.02. The second-order valence-corrected chi connectivity index (χ2v) is 8.33. The van der Waals surface area contributed by atoms with Crippen molar-refractivity contribution in [2.24, 2.45) is 5.92 Å². The smallest absolute Gasteiger partial charge is 0.260 e. The Morgan fingerprint density at radius 2 is 1.77 bits per heavy atom. The standard InChI is InChI=1S/C25H30N2O3/c28-24(27-15-7-12-20-10-4-5-14-23(20)27)18-30-22-13-6-11-21(16-22)25(29)26-17-19-8-2-1-3-9-19/h1-3,6,8-9,11,13,16,20,23H,4-5,7,10,12,14-15,17-18H2,(H,26,29)/t20-,23-/m1/s1. The molecule has 1 saturated carbocycles. The van der Waals surface area contributed by atoms with Crippen molar-refractivity contribution in [3.05, 3.63) is 65.7 Å². The highest BCUT2D eigenvalue weighted by molar-refractivity contribution is 5.94. The summed E-state index contributed by atoms with van der Waals surface area (Å²) in [5.74, 6) is 1.11. The molecule has 0 radical (unpaired) electrons. The van der Waals surface area contributed by atoms with E-state index in [0.29, 0.717) is 29.8 Å². The van der Waals surface area contributed by atoms with Crippen LogP contribution in [0, 0.1) is 5.92 Å². The second-order valence-electron chi connectivity index (χ2n) is 8.33. The molecule has 30 heavy (non-hydrogen) atoms. The van der Waals surface area contributed by atoms with E-state index in [9.17, 15) is 9.59 Å². The summed E-state index contributed by atoms with van der Waals surface area (Å²) in [6.45, 7) is 1.34. The number of hydrogen-bond donors (Lipinski definition) is 1. The first-order valence-corrected chi connectivity index (χ1v) is 11.0. The fourth-order valence-electron chi connectivity index (χ4n) is 4.77. The molecule has 2 amide bonds. The maximum absolute atomic E-state index is 12.8. The number of fused-ring (bicyclic) bond motifs is 1. The van der Waals surface area contributed by atoms with Crippen molar-refractivity contribution >= 4 is 11.8 Å². The average molecular weight is 407 g/mol.